The third-order valence-corrected chi connectivity index (χ3v) is 11.4. The molecule has 48 heavy (non-hydrogen) atoms. The van der Waals surface area contributed by atoms with Crippen LogP contribution in [0.5, 0.6) is 11.8 Å². The van der Waals surface area contributed by atoms with E-state index >= 15 is 4.39 Å². The van der Waals surface area contributed by atoms with E-state index in [9.17, 15) is 19.3 Å². The highest BCUT2D eigenvalue weighted by Gasteiger charge is 2.49. The van der Waals surface area contributed by atoms with Gasteiger partial charge in [0.05, 0.1) is 64.1 Å². The Hall–Kier alpha value is -4.08. The van der Waals surface area contributed by atoms with E-state index < -0.39 is 29.4 Å². The number of halogens is 4. The Morgan fingerprint density at radius 3 is 2.88 bits per heavy atom. The van der Waals surface area contributed by atoms with E-state index in [2.05, 4.69) is 16.0 Å². The van der Waals surface area contributed by atoms with E-state index in [-0.39, 0.29) is 85.1 Å². The van der Waals surface area contributed by atoms with Crippen LogP contribution in [0.25, 0.3) is 32.1 Å². The normalized spacial score (nSPS) is 25.2. The molecule has 0 spiro atoms. The fourth-order valence-corrected chi connectivity index (χ4v) is 9.10. The highest BCUT2D eigenvalue weighted by molar-refractivity contribution is 7.23. The van der Waals surface area contributed by atoms with Crippen LogP contribution in [0.4, 0.5) is 24.0 Å². The van der Waals surface area contributed by atoms with E-state index in [0.717, 1.165) is 30.7 Å². The van der Waals surface area contributed by atoms with Crippen LogP contribution in [0, 0.1) is 34.3 Å². The van der Waals surface area contributed by atoms with Gasteiger partial charge >= 0.3 is 6.01 Å². The maximum absolute atomic E-state index is 17.2. The molecule has 2 aromatic heterocycles. The second-order valence-electron chi connectivity index (χ2n) is 12.8. The number of nitriles is 2. The molecule has 2 N–H and O–H groups in total. The van der Waals surface area contributed by atoms with Crippen LogP contribution in [0.15, 0.2) is 12.1 Å². The highest BCUT2D eigenvalue weighted by Crippen LogP contribution is 2.51. The molecule has 15 heteroatoms. The molecular weight excluding hydrogens is 667 g/mol. The molecule has 4 aromatic rings. The van der Waals surface area contributed by atoms with Crippen molar-refractivity contribution in [1.29, 1.82) is 10.5 Å². The number of ether oxygens (including phenoxy) is 3. The van der Waals surface area contributed by atoms with Gasteiger partial charge in [0.25, 0.3) is 0 Å². The van der Waals surface area contributed by atoms with Gasteiger partial charge in [0, 0.05) is 36.9 Å². The summed E-state index contributed by atoms with van der Waals surface area (Å²) in [7, 11) is 0. The minimum absolute atomic E-state index is 0.0128. The molecule has 3 saturated heterocycles. The number of hydrogen-bond donors (Lipinski definition) is 1. The van der Waals surface area contributed by atoms with E-state index in [0.29, 0.717) is 38.4 Å². The van der Waals surface area contributed by atoms with Gasteiger partial charge in [0.15, 0.2) is 11.6 Å². The summed E-state index contributed by atoms with van der Waals surface area (Å²) in [6, 6.07) is 6.40. The van der Waals surface area contributed by atoms with Gasteiger partial charge < -0.3 is 24.8 Å². The Bertz CT molecular complexity index is 2070. The maximum Gasteiger partial charge on any atom is 0.319 e. The summed E-state index contributed by atoms with van der Waals surface area (Å²) >= 11 is 7.93. The zero-order valence-electron chi connectivity index (χ0n) is 25.6. The largest absolute Gasteiger partial charge is 0.491 e. The van der Waals surface area contributed by atoms with E-state index in [1.165, 1.54) is 12.1 Å². The number of thiophene rings is 1. The second-order valence-corrected chi connectivity index (χ2v) is 14.2. The second kappa shape index (κ2) is 11.8. The van der Waals surface area contributed by atoms with Gasteiger partial charge in [-0.1, -0.05) is 17.7 Å². The fraction of sp³-hybridized carbons (Fsp3) is 0.455. The lowest BCUT2D eigenvalue weighted by Gasteiger charge is -2.41. The quantitative estimate of drug-likeness (QED) is 0.260. The van der Waals surface area contributed by atoms with E-state index in [4.69, 9.17) is 36.5 Å². The average Bonchev–Trinajstić information content (AvgIpc) is 3.71. The zero-order chi connectivity index (χ0) is 33.3. The molecule has 6 heterocycles. The topological polar surface area (TPSA) is 134 Å². The van der Waals surface area contributed by atoms with Crippen LogP contribution in [0.3, 0.4) is 0 Å². The number of rotatable bonds is 5. The number of morpholine rings is 1. The van der Waals surface area contributed by atoms with Crippen LogP contribution in [0.1, 0.15) is 37.7 Å². The number of nitrogens with two attached hydrogens (primary N) is 1. The number of fused-ring (bicyclic) bond motifs is 4. The molecule has 0 radical (unpaired) electrons. The van der Waals surface area contributed by atoms with Crippen LogP contribution >= 0.6 is 22.9 Å². The van der Waals surface area contributed by atoms with Crippen LogP contribution in [0.2, 0.25) is 5.02 Å². The molecule has 248 valence electrons. The Kier molecular flexibility index (Phi) is 7.68. The number of hydrogen-bond acceptors (Lipinski definition) is 11. The number of benzene rings is 2. The number of nitrogen functional groups attached to an aromatic ring is 1. The minimum atomic E-state index is -0.968. The van der Waals surface area contributed by atoms with Crippen molar-refractivity contribution < 1.29 is 27.4 Å². The number of aromatic nitrogens is 2. The molecule has 2 unspecified atom stereocenters. The van der Waals surface area contributed by atoms with Gasteiger partial charge in [0.2, 0.25) is 0 Å². The van der Waals surface area contributed by atoms with Crippen molar-refractivity contribution in [2.24, 2.45) is 0 Å². The monoisotopic (exact) mass is 695 g/mol. The summed E-state index contributed by atoms with van der Waals surface area (Å²) < 4.78 is 65.3. The molecule has 4 atom stereocenters. The maximum atomic E-state index is 17.2. The third kappa shape index (κ3) is 4.80. The van der Waals surface area contributed by atoms with Gasteiger partial charge in [0.1, 0.15) is 41.0 Å². The van der Waals surface area contributed by atoms with Crippen LogP contribution < -0.4 is 20.1 Å². The van der Waals surface area contributed by atoms with E-state index in [1.807, 2.05) is 11.0 Å². The summed E-state index contributed by atoms with van der Waals surface area (Å²) in [5.74, 6) is -1.02. The lowest BCUT2D eigenvalue weighted by atomic mass is 9.95. The van der Waals surface area contributed by atoms with Crippen LogP contribution in [-0.4, -0.2) is 78.2 Å². The molecule has 4 aliphatic heterocycles. The first-order valence-corrected chi connectivity index (χ1v) is 17.0. The van der Waals surface area contributed by atoms with E-state index in [1.54, 1.807) is 0 Å². The van der Waals surface area contributed by atoms with Crippen LogP contribution in [-0.2, 0) is 4.74 Å². The van der Waals surface area contributed by atoms with Crippen molar-refractivity contribution in [2.45, 2.75) is 56.0 Å². The Balaban J connectivity index is 1.35. The molecule has 10 nitrogen and oxygen atoms in total. The molecular formula is C33H29ClF3N7O3S. The van der Waals surface area contributed by atoms with Crippen molar-refractivity contribution in [3.05, 3.63) is 34.4 Å². The number of nitrogens with zero attached hydrogens (tertiary/aromatic N) is 6. The van der Waals surface area contributed by atoms with Crippen molar-refractivity contribution in [2.75, 3.05) is 50.1 Å². The summed E-state index contributed by atoms with van der Waals surface area (Å²) in [4.78, 5) is 13.5. The summed E-state index contributed by atoms with van der Waals surface area (Å²) in [6.07, 6.45) is 1.25. The number of anilines is 2. The lowest BCUT2D eigenvalue weighted by Crippen LogP contribution is -2.51. The molecule has 3 fully saturated rings. The first-order valence-electron chi connectivity index (χ1n) is 15.8. The molecule has 0 aliphatic carbocycles. The minimum Gasteiger partial charge on any atom is -0.491 e. The van der Waals surface area contributed by atoms with Gasteiger partial charge in [-0.05, 0) is 31.0 Å². The summed E-state index contributed by atoms with van der Waals surface area (Å²) in [5.41, 5.74) is 5.47. The first kappa shape index (κ1) is 31.2. The molecule has 4 aliphatic rings. The smallest absolute Gasteiger partial charge is 0.319 e. The van der Waals surface area contributed by atoms with Crippen molar-refractivity contribution in [1.82, 2.24) is 14.9 Å². The SMILES string of the molecule is N#CCC1CN2c3nc(OC[C@@]45CCCN4C[C@H](F)C5)nc4c(F)c(-c5ccc(F)c6sc(N)c(C#N)c56)c(Cl)c(c34)OCCC2CO1. The summed E-state index contributed by atoms with van der Waals surface area (Å²) in [5, 5.41) is 19.7. The van der Waals surface area contributed by atoms with Crippen molar-refractivity contribution in [3.63, 3.8) is 0 Å². The highest BCUT2D eigenvalue weighted by atomic mass is 35.5. The average molecular weight is 696 g/mol. The molecule has 0 amide bonds. The molecule has 8 rings (SSSR count). The molecule has 0 saturated carbocycles. The number of alkyl halides is 1. The van der Waals surface area contributed by atoms with Crippen molar-refractivity contribution in [3.8, 4) is 35.0 Å². The third-order valence-electron chi connectivity index (χ3n) is 10.0. The Labute approximate surface area is 282 Å². The predicted octanol–water partition coefficient (Wildman–Crippen LogP) is 6.12. The van der Waals surface area contributed by atoms with Gasteiger partial charge in [-0.3, -0.25) is 4.90 Å². The van der Waals surface area contributed by atoms with Gasteiger partial charge in [-0.25, -0.2) is 13.2 Å². The fourth-order valence-electron chi connectivity index (χ4n) is 7.81. The Morgan fingerprint density at radius 2 is 2.06 bits per heavy atom. The van der Waals surface area contributed by atoms with Gasteiger partial charge in [-0.15, -0.1) is 11.3 Å². The predicted molar refractivity (Wildman–Crippen MR) is 174 cm³/mol. The molecule has 2 aromatic carbocycles. The van der Waals surface area contributed by atoms with Crippen molar-refractivity contribution >= 4 is 54.7 Å². The Morgan fingerprint density at radius 1 is 1.21 bits per heavy atom. The summed E-state index contributed by atoms with van der Waals surface area (Å²) in [6.45, 7) is 2.01. The first-order chi connectivity index (χ1) is 23.2. The van der Waals surface area contributed by atoms with Gasteiger partial charge in [-0.2, -0.15) is 20.5 Å². The standard InChI is InChI=1S/C33H29ClF3N7O3S/c34-25-23(19-2-3-21(36)29-22(19)20(11-39)30(40)48-29)26(37)27-24-28(25)45-9-5-17-14-46-18(4-7-38)13-44(17)31(24)42-32(41-27)47-15-33-6-1-8-43(33)12-16(35)10-33/h2-3,16-18H,1,4-6,8-10,12-15,40H2/t16-,17?,18?,33+/m1/s1. The zero-order valence-corrected chi connectivity index (χ0v) is 27.1. The lowest BCUT2D eigenvalue weighted by molar-refractivity contribution is 0.0173. The molecule has 0 bridgehead atoms.